The molecule has 0 bridgehead atoms. The van der Waals surface area contributed by atoms with Crippen molar-refractivity contribution in [3.05, 3.63) is 52.0 Å². The number of benzene rings is 2. The Hall–Kier alpha value is -1.41. The lowest BCUT2D eigenvalue weighted by molar-refractivity contribution is 0.325. The number of alkyl halides is 1. The lowest BCUT2D eigenvalue weighted by Gasteiger charge is -2.13. The monoisotopic (exact) mass is 385 g/mol. The Morgan fingerprint density at radius 2 is 1.86 bits per heavy atom. The zero-order valence-corrected chi connectivity index (χ0v) is 13.9. The zero-order valence-electron chi connectivity index (χ0n) is 10.8. The maximum Gasteiger partial charge on any atom is 0.170 e. The minimum absolute atomic E-state index is 0.377. The van der Waals surface area contributed by atoms with Crippen molar-refractivity contribution in [2.24, 2.45) is 0 Å². The molecular formula is C15H10BrCl2NO2. The van der Waals surface area contributed by atoms with Crippen LogP contribution in [0.1, 0.15) is 5.56 Å². The fourth-order valence-electron chi connectivity index (χ4n) is 1.60. The van der Waals surface area contributed by atoms with Crippen molar-refractivity contribution in [1.29, 1.82) is 5.26 Å². The SMILES string of the molecule is N#Cc1ccc(Cl)c(Oc2cc(Cl)ccc2OCCBr)c1. The average molecular weight is 387 g/mol. The number of ether oxygens (including phenoxy) is 2. The van der Waals surface area contributed by atoms with E-state index in [4.69, 9.17) is 37.9 Å². The molecular weight excluding hydrogens is 377 g/mol. The topological polar surface area (TPSA) is 42.2 Å². The molecule has 0 saturated carbocycles. The molecule has 0 heterocycles. The van der Waals surface area contributed by atoms with E-state index in [9.17, 15) is 0 Å². The smallest absolute Gasteiger partial charge is 0.170 e. The summed E-state index contributed by atoms with van der Waals surface area (Å²) in [7, 11) is 0. The molecule has 2 aromatic rings. The van der Waals surface area contributed by atoms with Crippen molar-refractivity contribution in [3.63, 3.8) is 0 Å². The molecule has 0 aliphatic carbocycles. The van der Waals surface area contributed by atoms with E-state index in [0.717, 1.165) is 0 Å². The number of hydrogen-bond acceptors (Lipinski definition) is 3. The fourth-order valence-corrected chi connectivity index (χ4v) is 2.08. The molecule has 0 unspecified atom stereocenters. The van der Waals surface area contributed by atoms with E-state index in [0.29, 0.717) is 44.8 Å². The van der Waals surface area contributed by atoms with Gasteiger partial charge in [0.05, 0.1) is 23.3 Å². The van der Waals surface area contributed by atoms with E-state index >= 15 is 0 Å². The highest BCUT2D eigenvalue weighted by molar-refractivity contribution is 9.09. The molecule has 108 valence electrons. The van der Waals surface area contributed by atoms with Gasteiger partial charge in [0.25, 0.3) is 0 Å². The minimum Gasteiger partial charge on any atom is -0.489 e. The molecule has 0 aromatic heterocycles. The first kappa shape index (κ1) is 16.0. The Kier molecular flexibility index (Phi) is 5.75. The van der Waals surface area contributed by atoms with Gasteiger partial charge >= 0.3 is 0 Å². The van der Waals surface area contributed by atoms with Crippen LogP contribution < -0.4 is 9.47 Å². The summed E-state index contributed by atoms with van der Waals surface area (Å²) in [5.41, 5.74) is 0.458. The van der Waals surface area contributed by atoms with Crippen LogP contribution in [0.2, 0.25) is 10.0 Å². The quantitative estimate of drug-likeness (QED) is 0.643. The Morgan fingerprint density at radius 1 is 1.05 bits per heavy atom. The van der Waals surface area contributed by atoms with Gasteiger partial charge in [-0.1, -0.05) is 39.1 Å². The molecule has 0 aliphatic heterocycles. The summed E-state index contributed by atoms with van der Waals surface area (Å²) in [4.78, 5) is 0. The van der Waals surface area contributed by atoms with Crippen LogP contribution in [0, 0.1) is 11.3 Å². The summed E-state index contributed by atoms with van der Waals surface area (Å²) in [6, 6.07) is 11.9. The van der Waals surface area contributed by atoms with Crippen LogP contribution in [0.25, 0.3) is 0 Å². The predicted octanol–water partition coefficient (Wildman–Crippen LogP) is 5.43. The third-order valence-corrected chi connectivity index (χ3v) is 3.39. The van der Waals surface area contributed by atoms with E-state index in [-0.39, 0.29) is 0 Å². The molecule has 0 amide bonds. The summed E-state index contributed by atoms with van der Waals surface area (Å²) >= 11 is 15.4. The van der Waals surface area contributed by atoms with Gasteiger partial charge in [-0.25, -0.2) is 0 Å². The first-order chi connectivity index (χ1) is 10.1. The number of halogens is 3. The van der Waals surface area contributed by atoms with Crippen molar-refractivity contribution < 1.29 is 9.47 Å². The average Bonchev–Trinajstić information content (AvgIpc) is 2.49. The number of hydrogen-bond donors (Lipinski definition) is 0. The van der Waals surface area contributed by atoms with Crippen LogP contribution in [-0.4, -0.2) is 11.9 Å². The van der Waals surface area contributed by atoms with Crippen LogP contribution >= 0.6 is 39.1 Å². The highest BCUT2D eigenvalue weighted by Crippen LogP contribution is 2.37. The Morgan fingerprint density at radius 3 is 2.57 bits per heavy atom. The second-order valence-corrected chi connectivity index (χ2v) is 5.62. The Balaban J connectivity index is 2.34. The molecule has 0 atom stereocenters. The Bertz CT molecular complexity index is 686. The molecule has 0 spiro atoms. The zero-order chi connectivity index (χ0) is 15.2. The van der Waals surface area contributed by atoms with Crippen molar-refractivity contribution >= 4 is 39.1 Å². The van der Waals surface area contributed by atoms with Crippen LogP contribution in [0.15, 0.2) is 36.4 Å². The number of nitrogens with zero attached hydrogens (tertiary/aromatic N) is 1. The van der Waals surface area contributed by atoms with Gasteiger partial charge in [0, 0.05) is 22.5 Å². The van der Waals surface area contributed by atoms with E-state index in [1.165, 1.54) is 0 Å². The molecule has 0 N–H and O–H groups in total. The summed E-state index contributed by atoms with van der Waals surface area (Å²) in [5, 5.41) is 10.5. The first-order valence-corrected chi connectivity index (χ1v) is 7.87. The molecule has 0 fully saturated rings. The van der Waals surface area contributed by atoms with Gasteiger partial charge in [-0.2, -0.15) is 5.26 Å². The van der Waals surface area contributed by atoms with Crippen molar-refractivity contribution in [1.82, 2.24) is 0 Å². The molecule has 0 aliphatic rings. The lowest BCUT2D eigenvalue weighted by Crippen LogP contribution is -1.99. The van der Waals surface area contributed by atoms with Crippen molar-refractivity contribution in [3.8, 4) is 23.3 Å². The van der Waals surface area contributed by atoms with E-state index in [2.05, 4.69) is 15.9 Å². The summed E-state index contributed by atoms with van der Waals surface area (Å²) in [6.07, 6.45) is 0. The van der Waals surface area contributed by atoms with Gasteiger partial charge in [-0.05, 0) is 24.3 Å². The molecule has 6 heteroatoms. The normalized spacial score (nSPS) is 10.0. The third-order valence-electron chi connectivity index (χ3n) is 2.52. The summed E-state index contributed by atoms with van der Waals surface area (Å²) in [5.74, 6) is 1.37. The van der Waals surface area contributed by atoms with Crippen LogP contribution in [-0.2, 0) is 0 Å². The molecule has 3 nitrogen and oxygen atoms in total. The first-order valence-electron chi connectivity index (χ1n) is 6.00. The second kappa shape index (κ2) is 7.56. The molecule has 2 aromatic carbocycles. The lowest BCUT2D eigenvalue weighted by atomic mass is 10.2. The summed E-state index contributed by atoms with van der Waals surface area (Å²) in [6.45, 7) is 0.490. The van der Waals surface area contributed by atoms with E-state index in [1.807, 2.05) is 6.07 Å². The molecule has 2 rings (SSSR count). The Labute approximate surface area is 141 Å². The van der Waals surface area contributed by atoms with Crippen LogP contribution in [0.5, 0.6) is 17.2 Å². The number of nitriles is 1. The number of rotatable bonds is 5. The maximum absolute atomic E-state index is 8.93. The van der Waals surface area contributed by atoms with Crippen LogP contribution in [0.4, 0.5) is 0 Å². The maximum atomic E-state index is 8.93. The van der Waals surface area contributed by atoms with Gasteiger partial charge in [0.1, 0.15) is 5.75 Å². The highest BCUT2D eigenvalue weighted by Gasteiger charge is 2.11. The van der Waals surface area contributed by atoms with Crippen molar-refractivity contribution in [2.75, 3.05) is 11.9 Å². The highest BCUT2D eigenvalue weighted by atomic mass is 79.9. The fraction of sp³-hybridized carbons (Fsp3) is 0.133. The molecule has 0 saturated heterocycles. The van der Waals surface area contributed by atoms with E-state index in [1.54, 1.807) is 36.4 Å². The van der Waals surface area contributed by atoms with Gasteiger partial charge in [-0.15, -0.1) is 0 Å². The van der Waals surface area contributed by atoms with Gasteiger partial charge in [-0.3, -0.25) is 0 Å². The van der Waals surface area contributed by atoms with Gasteiger partial charge < -0.3 is 9.47 Å². The van der Waals surface area contributed by atoms with Crippen molar-refractivity contribution in [2.45, 2.75) is 0 Å². The predicted molar refractivity (Wildman–Crippen MR) is 87.0 cm³/mol. The molecule has 21 heavy (non-hydrogen) atoms. The second-order valence-electron chi connectivity index (χ2n) is 3.99. The minimum atomic E-state index is 0.377. The van der Waals surface area contributed by atoms with Crippen LogP contribution in [0.3, 0.4) is 0 Å². The van der Waals surface area contributed by atoms with Gasteiger partial charge in [0.2, 0.25) is 0 Å². The largest absolute Gasteiger partial charge is 0.489 e. The summed E-state index contributed by atoms with van der Waals surface area (Å²) < 4.78 is 11.3. The van der Waals surface area contributed by atoms with Gasteiger partial charge in [0.15, 0.2) is 11.5 Å². The van der Waals surface area contributed by atoms with E-state index < -0.39 is 0 Å². The standard InChI is InChI=1S/C15H10BrCl2NO2/c16-5-6-20-13-4-2-11(17)8-15(13)21-14-7-10(9-19)1-3-12(14)18/h1-4,7-8H,5-6H2. The molecule has 0 radical (unpaired) electrons. The third kappa shape index (κ3) is 4.28.